The lowest BCUT2D eigenvalue weighted by Gasteiger charge is -2.17. The number of halogens is 3. The monoisotopic (exact) mass is 495 g/mol. The van der Waals surface area contributed by atoms with Crippen LogP contribution in [0.15, 0.2) is 61.2 Å². The number of rotatable bonds is 5. The predicted molar refractivity (Wildman–Crippen MR) is 128 cm³/mol. The van der Waals surface area contributed by atoms with E-state index in [4.69, 9.17) is 4.98 Å². The van der Waals surface area contributed by atoms with Gasteiger partial charge in [-0.25, -0.2) is 15.0 Å². The highest BCUT2D eigenvalue weighted by Gasteiger charge is 2.31. The first-order valence-electron chi connectivity index (χ1n) is 11.6. The van der Waals surface area contributed by atoms with Crippen molar-refractivity contribution in [2.24, 2.45) is 0 Å². The Morgan fingerprint density at radius 2 is 1.81 bits per heavy atom. The molecule has 0 saturated carbocycles. The van der Waals surface area contributed by atoms with E-state index in [0.29, 0.717) is 35.6 Å². The Hall–Kier alpha value is -3.95. The number of likely N-dealkylation sites (tertiary alicyclic amines) is 1. The van der Waals surface area contributed by atoms with Crippen LogP contribution in [0, 0.1) is 0 Å². The lowest BCUT2D eigenvalue weighted by atomic mass is 10.0. The predicted octanol–water partition coefficient (Wildman–Crippen LogP) is 5.60. The van der Waals surface area contributed by atoms with Gasteiger partial charge in [-0.2, -0.15) is 0 Å². The van der Waals surface area contributed by atoms with Gasteiger partial charge in [0.05, 0.1) is 11.0 Å². The van der Waals surface area contributed by atoms with Crippen molar-refractivity contribution in [3.8, 4) is 17.1 Å². The Morgan fingerprint density at radius 1 is 1.08 bits per heavy atom. The molecule has 0 spiro atoms. The van der Waals surface area contributed by atoms with Crippen LogP contribution in [0.5, 0.6) is 5.75 Å². The summed E-state index contributed by atoms with van der Waals surface area (Å²) < 4.78 is 43.6. The number of aromatic nitrogens is 4. The molecule has 1 unspecified atom stereocenters. The van der Waals surface area contributed by atoms with E-state index in [-0.39, 0.29) is 23.6 Å². The third-order valence-corrected chi connectivity index (χ3v) is 6.33. The van der Waals surface area contributed by atoms with Gasteiger partial charge in [-0.3, -0.25) is 4.79 Å². The first kappa shape index (κ1) is 23.8. The standard InChI is InChI=1S/C26H24F3N5O2/c1-16(2)34-23-8-5-18(25(35)33-10-9-19(14-33)20-12-30-15-31-13-20)11-22(23)32-24(34)17-3-6-21(7-4-17)36-26(27,28)29/h3-8,11-13,15-16,19H,9-10,14H2,1-2H3. The van der Waals surface area contributed by atoms with Gasteiger partial charge in [0.25, 0.3) is 5.91 Å². The van der Waals surface area contributed by atoms with Gasteiger partial charge in [0.15, 0.2) is 0 Å². The van der Waals surface area contributed by atoms with Crippen LogP contribution in [0.2, 0.25) is 0 Å². The highest BCUT2D eigenvalue weighted by Crippen LogP contribution is 2.32. The van der Waals surface area contributed by atoms with Crippen molar-refractivity contribution in [3.05, 3.63) is 72.3 Å². The van der Waals surface area contributed by atoms with Crippen LogP contribution in [-0.2, 0) is 0 Å². The van der Waals surface area contributed by atoms with Crippen molar-refractivity contribution in [3.63, 3.8) is 0 Å². The second-order valence-electron chi connectivity index (χ2n) is 9.08. The molecule has 1 aliphatic heterocycles. The number of hydrogen-bond donors (Lipinski definition) is 0. The fraction of sp³-hybridized carbons (Fsp3) is 0.308. The zero-order chi connectivity index (χ0) is 25.4. The van der Waals surface area contributed by atoms with Crippen LogP contribution in [0.4, 0.5) is 13.2 Å². The summed E-state index contributed by atoms with van der Waals surface area (Å²) in [5.74, 6) is 0.450. The van der Waals surface area contributed by atoms with E-state index >= 15 is 0 Å². The van der Waals surface area contributed by atoms with Gasteiger partial charge in [-0.15, -0.1) is 13.2 Å². The summed E-state index contributed by atoms with van der Waals surface area (Å²) in [5.41, 5.74) is 3.70. The smallest absolute Gasteiger partial charge is 0.406 e. The lowest BCUT2D eigenvalue weighted by Crippen LogP contribution is -2.28. The molecule has 7 nitrogen and oxygen atoms in total. The van der Waals surface area contributed by atoms with Gasteiger partial charge >= 0.3 is 6.36 Å². The van der Waals surface area contributed by atoms with Crippen LogP contribution < -0.4 is 4.74 Å². The molecule has 0 N–H and O–H groups in total. The Labute approximate surface area is 205 Å². The molecular formula is C26H24F3N5O2. The van der Waals surface area contributed by atoms with Crippen LogP contribution in [0.3, 0.4) is 0 Å². The number of fused-ring (bicyclic) bond motifs is 1. The number of hydrogen-bond acceptors (Lipinski definition) is 5. The number of carbonyl (C=O) groups excluding carboxylic acids is 1. The highest BCUT2D eigenvalue weighted by molar-refractivity contribution is 5.98. The van der Waals surface area contributed by atoms with Crippen molar-refractivity contribution >= 4 is 16.9 Å². The molecule has 0 radical (unpaired) electrons. The van der Waals surface area contributed by atoms with E-state index in [0.717, 1.165) is 17.5 Å². The maximum absolute atomic E-state index is 13.3. The zero-order valence-corrected chi connectivity index (χ0v) is 19.7. The fourth-order valence-corrected chi connectivity index (χ4v) is 4.68. The minimum absolute atomic E-state index is 0.0325. The number of nitrogens with zero attached hydrogens (tertiary/aromatic N) is 5. The minimum atomic E-state index is -4.75. The molecule has 1 atom stereocenters. The number of benzene rings is 2. The van der Waals surface area contributed by atoms with E-state index in [1.807, 2.05) is 29.4 Å². The zero-order valence-electron chi connectivity index (χ0n) is 19.7. The third kappa shape index (κ3) is 4.75. The summed E-state index contributed by atoms with van der Waals surface area (Å²) >= 11 is 0. The van der Waals surface area contributed by atoms with Crippen molar-refractivity contribution in [1.29, 1.82) is 0 Å². The minimum Gasteiger partial charge on any atom is -0.406 e. The fourth-order valence-electron chi connectivity index (χ4n) is 4.68. The molecule has 36 heavy (non-hydrogen) atoms. The van der Waals surface area contributed by atoms with Gasteiger partial charge in [0.1, 0.15) is 17.9 Å². The molecule has 0 bridgehead atoms. The van der Waals surface area contributed by atoms with Crippen molar-refractivity contribution < 1.29 is 22.7 Å². The van der Waals surface area contributed by atoms with E-state index in [1.165, 1.54) is 18.5 Å². The Balaban J connectivity index is 1.42. The lowest BCUT2D eigenvalue weighted by molar-refractivity contribution is -0.274. The van der Waals surface area contributed by atoms with Gasteiger partial charge in [0.2, 0.25) is 0 Å². The van der Waals surface area contributed by atoms with E-state index in [9.17, 15) is 18.0 Å². The Kier molecular flexibility index (Phi) is 6.11. The molecule has 3 heterocycles. The largest absolute Gasteiger partial charge is 0.573 e. The summed E-state index contributed by atoms with van der Waals surface area (Å²) in [6.45, 7) is 5.25. The quantitative estimate of drug-likeness (QED) is 0.360. The second kappa shape index (κ2) is 9.25. The van der Waals surface area contributed by atoms with E-state index in [2.05, 4.69) is 14.7 Å². The third-order valence-electron chi connectivity index (χ3n) is 6.33. The van der Waals surface area contributed by atoms with Gasteiger partial charge in [-0.1, -0.05) is 0 Å². The highest BCUT2D eigenvalue weighted by atomic mass is 19.4. The topological polar surface area (TPSA) is 73.1 Å². The molecule has 2 aromatic carbocycles. The molecule has 0 aliphatic carbocycles. The average Bonchev–Trinajstić information content (AvgIpc) is 3.49. The maximum Gasteiger partial charge on any atom is 0.573 e. The molecule has 5 rings (SSSR count). The van der Waals surface area contributed by atoms with Crippen LogP contribution >= 0.6 is 0 Å². The van der Waals surface area contributed by atoms with Gasteiger partial charge in [0, 0.05) is 48.6 Å². The van der Waals surface area contributed by atoms with Crippen LogP contribution in [0.1, 0.15) is 48.1 Å². The van der Waals surface area contributed by atoms with Crippen LogP contribution in [0.25, 0.3) is 22.4 Å². The average molecular weight is 496 g/mol. The SMILES string of the molecule is CC(C)n1c(-c2ccc(OC(F)(F)F)cc2)nc2cc(C(=O)N3CCC(c4cncnc4)C3)ccc21. The van der Waals surface area contributed by atoms with E-state index in [1.54, 1.807) is 36.7 Å². The number of alkyl halides is 3. The van der Waals surface area contributed by atoms with E-state index < -0.39 is 6.36 Å². The number of carbonyl (C=O) groups is 1. The summed E-state index contributed by atoms with van der Waals surface area (Å²) in [5, 5.41) is 0. The van der Waals surface area contributed by atoms with Gasteiger partial charge in [-0.05, 0) is 68.3 Å². The summed E-state index contributed by atoms with van der Waals surface area (Å²) in [7, 11) is 0. The Bertz CT molecular complexity index is 1380. The summed E-state index contributed by atoms with van der Waals surface area (Å²) in [4.78, 5) is 28.0. The molecule has 1 saturated heterocycles. The molecule has 1 aliphatic rings. The molecule has 1 amide bonds. The number of amides is 1. The molecule has 186 valence electrons. The Morgan fingerprint density at radius 3 is 2.47 bits per heavy atom. The molecule has 1 fully saturated rings. The first-order chi connectivity index (χ1) is 17.2. The van der Waals surface area contributed by atoms with Crippen molar-refractivity contribution in [1.82, 2.24) is 24.4 Å². The van der Waals surface area contributed by atoms with Crippen molar-refractivity contribution in [2.45, 2.75) is 38.6 Å². The molecular weight excluding hydrogens is 471 g/mol. The first-order valence-corrected chi connectivity index (χ1v) is 11.6. The van der Waals surface area contributed by atoms with Gasteiger partial charge < -0.3 is 14.2 Å². The summed E-state index contributed by atoms with van der Waals surface area (Å²) in [6.07, 6.45) is 1.17. The number of ether oxygens (including phenoxy) is 1. The number of imidazole rings is 1. The molecule has 2 aromatic heterocycles. The van der Waals surface area contributed by atoms with Crippen molar-refractivity contribution in [2.75, 3.05) is 13.1 Å². The molecule has 10 heteroatoms. The second-order valence-corrected chi connectivity index (χ2v) is 9.08. The maximum atomic E-state index is 13.3. The molecule has 4 aromatic rings. The summed E-state index contributed by atoms with van der Waals surface area (Å²) in [6, 6.07) is 11.1. The van der Waals surface area contributed by atoms with Crippen LogP contribution in [-0.4, -0.2) is 49.8 Å². The normalized spacial score (nSPS) is 16.2.